The Morgan fingerprint density at radius 2 is 2.00 bits per heavy atom. The number of rotatable bonds is 7. The van der Waals surface area contributed by atoms with Crippen LogP contribution in [0, 0.1) is 13.8 Å². The first kappa shape index (κ1) is 18.2. The Hall–Kier alpha value is -2.14. The molecule has 0 saturated heterocycles. The molecule has 1 N–H and O–H groups in total. The number of hydrogen-bond donors (Lipinski definition) is 1. The van der Waals surface area contributed by atoms with Gasteiger partial charge < -0.3 is 10.2 Å². The van der Waals surface area contributed by atoms with Crippen molar-refractivity contribution in [3.05, 3.63) is 52.8 Å². The van der Waals surface area contributed by atoms with Crippen molar-refractivity contribution < 1.29 is 4.79 Å². The van der Waals surface area contributed by atoms with Crippen LogP contribution in [-0.2, 0) is 17.9 Å². The molecule has 0 fully saturated rings. The third kappa shape index (κ3) is 4.68. The van der Waals surface area contributed by atoms with Crippen LogP contribution in [0.4, 0.5) is 0 Å². The van der Waals surface area contributed by atoms with E-state index in [0.717, 1.165) is 30.0 Å². The molecule has 0 radical (unpaired) electrons. The highest BCUT2D eigenvalue weighted by Gasteiger charge is 2.17. The number of aryl methyl sites for hydroxylation is 2. The number of carbonyl (C=O) groups excluding carboxylic acids is 1. The van der Waals surface area contributed by atoms with Crippen molar-refractivity contribution in [3.63, 3.8) is 0 Å². The summed E-state index contributed by atoms with van der Waals surface area (Å²) in [6.07, 6.45) is 0. The average Bonchev–Trinajstić information content (AvgIpc) is 2.90. The summed E-state index contributed by atoms with van der Waals surface area (Å²) in [6.45, 7) is 10.4. The van der Waals surface area contributed by atoms with Crippen LogP contribution < -0.4 is 5.32 Å². The summed E-state index contributed by atoms with van der Waals surface area (Å²) in [5.74, 6) is -0.0164. The van der Waals surface area contributed by atoms with Gasteiger partial charge in [-0.05, 0) is 51.6 Å². The fourth-order valence-electron chi connectivity index (χ4n) is 2.75. The molecule has 24 heavy (non-hydrogen) atoms. The molecule has 5 nitrogen and oxygen atoms in total. The Morgan fingerprint density at radius 3 is 2.62 bits per heavy atom. The number of carbonyl (C=O) groups is 1. The number of amides is 1. The zero-order valence-corrected chi connectivity index (χ0v) is 15.3. The maximum Gasteiger partial charge on any atom is 0.244 e. The van der Waals surface area contributed by atoms with Gasteiger partial charge >= 0.3 is 0 Å². The third-order valence-electron chi connectivity index (χ3n) is 4.24. The van der Waals surface area contributed by atoms with E-state index in [0.29, 0.717) is 6.54 Å². The van der Waals surface area contributed by atoms with Gasteiger partial charge in [0.15, 0.2) is 0 Å². The molecule has 2 aromatic rings. The molecule has 0 aliphatic rings. The summed E-state index contributed by atoms with van der Waals surface area (Å²) in [6, 6.07) is 10.0. The molecule has 0 spiro atoms. The number of hydrogen-bond acceptors (Lipinski definition) is 3. The SMILES string of the molecule is CCN(C)Cc1cccc(CNC(=O)[C@H](C)n2nc(C)cc2C)c1. The van der Waals surface area contributed by atoms with Crippen molar-refractivity contribution in [2.75, 3.05) is 13.6 Å². The van der Waals surface area contributed by atoms with E-state index in [4.69, 9.17) is 0 Å². The molecule has 1 heterocycles. The monoisotopic (exact) mass is 328 g/mol. The van der Waals surface area contributed by atoms with Gasteiger partial charge in [-0.25, -0.2) is 0 Å². The summed E-state index contributed by atoms with van der Waals surface area (Å²) in [7, 11) is 2.10. The van der Waals surface area contributed by atoms with E-state index < -0.39 is 0 Å². The summed E-state index contributed by atoms with van der Waals surface area (Å²) in [5, 5.41) is 7.41. The van der Waals surface area contributed by atoms with Crippen LogP contribution in [-0.4, -0.2) is 34.2 Å². The lowest BCUT2D eigenvalue weighted by atomic mass is 10.1. The highest BCUT2D eigenvalue weighted by molar-refractivity contribution is 5.79. The summed E-state index contributed by atoms with van der Waals surface area (Å²) in [4.78, 5) is 14.7. The Morgan fingerprint density at radius 1 is 1.29 bits per heavy atom. The lowest BCUT2D eigenvalue weighted by Crippen LogP contribution is -2.31. The minimum atomic E-state index is -0.312. The van der Waals surface area contributed by atoms with Gasteiger partial charge in [-0.15, -0.1) is 0 Å². The molecule has 1 aromatic carbocycles. The number of nitrogens with zero attached hydrogens (tertiary/aromatic N) is 3. The first-order valence-corrected chi connectivity index (χ1v) is 8.47. The van der Waals surface area contributed by atoms with Gasteiger partial charge in [-0.1, -0.05) is 31.2 Å². The molecule has 0 bridgehead atoms. The van der Waals surface area contributed by atoms with Crippen LogP contribution in [0.3, 0.4) is 0 Å². The molecule has 2 rings (SSSR count). The fraction of sp³-hybridized carbons (Fsp3) is 0.474. The second-order valence-corrected chi connectivity index (χ2v) is 6.42. The summed E-state index contributed by atoms with van der Waals surface area (Å²) in [5.41, 5.74) is 4.31. The van der Waals surface area contributed by atoms with Crippen molar-refractivity contribution in [2.45, 2.75) is 46.8 Å². The highest BCUT2D eigenvalue weighted by Crippen LogP contribution is 2.12. The van der Waals surface area contributed by atoms with Gasteiger partial charge in [0.25, 0.3) is 0 Å². The molecule has 1 amide bonds. The van der Waals surface area contributed by atoms with E-state index in [9.17, 15) is 4.79 Å². The van der Waals surface area contributed by atoms with Gasteiger partial charge in [0.05, 0.1) is 5.69 Å². The van der Waals surface area contributed by atoms with Crippen LogP contribution >= 0.6 is 0 Å². The van der Waals surface area contributed by atoms with Gasteiger partial charge in [0.2, 0.25) is 5.91 Å². The number of aromatic nitrogens is 2. The van der Waals surface area contributed by atoms with Crippen molar-refractivity contribution in [1.82, 2.24) is 20.0 Å². The van der Waals surface area contributed by atoms with Crippen molar-refractivity contribution in [1.29, 1.82) is 0 Å². The Bertz CT molecular complexity index is 692. The van der Waals surface area contributed by atoms with Crippen LogP contribution in [0.2, 0.25) is 0 Å². The van der Waals surface area contributed by atoms with Crippen LogP contribution in [0.5, 0.6) is 0 Å². The lowest BCUT2D eigenvalue weighted by molar-refractivity contribution is -0.124. The standard InChI is InChI=1S/C19H28N4O/c1-6-22(5)13-18-9-7-8-17(11-18)12-20-19(24)16(4)23-15(3)10-14(2)21-23/h7-11,16H,6,12-13H2,1-5H3,(H,20,24)/t16-/m0/s1. The predicted octanol–water partition coefficient (Wildman–Crippen LogP) is 2.83. The number of nitrogens with one attached hydrogen (secondary N) is 1. The van der Waals surface area contributed by atoms with Gasteiger partial charge in [-0.3, -0.25) is 9.48 Å². The quantitative estimate of drug-likeness (QED) is 0.850. The van der Waals surface area contributed by atoms with Crippen molar-refractivity contribution in [2.24, 2.45) is 0 Å². The molecular formula is C19H28N4O. The van der Waals surface area contributed by atoms with E-state index >= 15 is 0 Å². The van der Waals surface area contributed by atoms with Crippen LogP contribution in [0.15, 0.2) is 30.3 Å². The zero-order chi connectivity index (χ0) is 17.7. The fourth-order valence-corrected chi connectivity index (χ4v) is 2.75. The normalized spacial score (nSPS) is 12.4. The van der Waals surface area contributed by atoms with Gasteiger partial charge in [0, 0.05) is 18.8 Å². The molecular weight excluding hydrogens is 300 g/mol. The van der Waals surface area contributed by atoms with Crippen LogP contribution in [0.25, 0.3) is 0 Å². The molecule has 0 saturated carbocycles. The van der Waals surface area contributed by atoms with Crippen LogP contribution in [0.1, 0.15) is 42.4 Å². The van der Waals surface area contributed by atoms with Gasteiger partial charge in [-0.2, -0.15) is 5.10 Å². The summed E-state index contributed by atoms with van der Waals surface area (Å²) >= 11 is 0. The molecule has 1 atom stereocenters. The molecule has 5 heteroatoms. The van der Waals surface area contributed by atoms with E-state index in [-0.39, 0.29) is 11.9 Å². The smallest absolute Gasteiger partial charge is 0.244 e. The largest absolute Gasteiger partial charge is 0.350 e. The first-order valence-electron chi connectivity index (χ1n) is 8.47. The van der Waals surface area contributed by atoms with E-state index in [2.05, 4.69) is 41.4 Å². The first-order chi connectivity index (χ1) is 11.4. The lowest BCUT2D eigenvalue weighted by Gasteiger charge is -2.16. The predicted molar refractivity (Wildman–Crippen MR) is 96.7 cm³/mol. The maximum atomic E-state index is 12.4. The topological polar surface area (TPSA) is 50.2 Å². The molecule has 1 aromatic heterocycles. The zero-order valence-electron chi connectivity index (χ0n) is 15.3. The molecule has 130 valence electrons. The highest BCUT2D eigenvalue weighted by atomic mass is 16.2. The minimum Gasteiger partial charge on any atom is -0.350 e. The van der Waals surface area contributed by atoms with E-state index in [1.807, 2.05) is 39.0 Å². The number of benzene rings is 1. The Balaban J connectivity index is 1.96. The average molecular weight is 328 g/mol. The van der Waals surface area contributed by atoms with Crippen molar-refractivity contribution in [3.8, 4) is 0 Å². The second-order valence-electron chi connectivity index (χ2n) is 6.42. The van der Waals surface area contributed by atoms with Crippen molar-refractivity contribution >= 4 is 5.91 Å². The minimum absolute atomic E-state index is 0.0164. The molecule has 0 aliphatic carbocycles. The third-order valence-corrected chi connectivity index (χ3v) is 4.24. The maximum absolute atomic E-state index is 12.4. The van der Waals surface area contributed by atoms with E-state index in [1.165, 1.54) is 5.56 Å². The summed E-state index contributed by atoms with van der Waals surface area (Å²) < 4.78 is 1.78. The Kier molecular flexibility index (Phi) is 6.15. The Labute approximate surface area is 144 Å². The van der Waals surface area contributed by atoms with E-state index in [1.54, 1.807) is 4.68 Å². The molecule has 0 unspecified atom stereocenters. The van der Waals surface area contributed by atoms with Gasteiger partial charge in [0.1, 0.15) is 6.04 Å². The molecule has 0 aliphatic heterocycles. The second kappa shape index (κ2) is 8.11.